The van der Waals surface area contributed by atoms with E-state index in [2.05, 4.69) is 24.1 Å². The lowest BCUT2D eigenvalue weighted by Gasteiger charge is -2.17. The van der Waals surface area contributed by atoms with Gasteiger partial charge in [0.15, 0.2) is 11.2 Å². The van der Waals surface area contributed by atoms with Crippen molar-refractivity contribution in [3.05, 3.63) is 75.2 Å². The first kappa shape index (κ1) is 24.4. The third kappa shape index (κ3) is 5.06. The molecule has 0 aliphatic heterocycles. The maximum absolute atomic E-state index is 13.4. The van der Waals surface area contributed by atoms with Crippen LogP contribution < -0.4 is 16.6 Å². The summed E-state index contributed by atoms with van der Waals surface area (Å²) in [4.78, 5) is 44.1. The highest BCUT2D eigenvalue weighted by Gasteiger charge is 2.21. The zero-order chi connectivity index (χ0) is 25.3. The van der Waals surface area contributed by atoms with Crippen molar-refractivity contribution in [3.8, 4) is 0 Å². The SMILES string of the molecule is CC(C)Cn1cnc2c1c(=O)n(CC(=O)NC(C)c1ccc3ccccc3c1)c(=O)n2CC(C)C. The molecule has 0 fully saturated rings. The fourth-order valence-corrected chi connectivity index (χ4v) is 4.43. The molecular formula is C27H33N5O3. The predicted molar refractivity (Wildman–Crippen MR) is 138 cm³/mol. The molecule has 1 atom stereocenters. The molecule has 0 saturated carbocycles. The molecule has 0 spiro atoms. The number of hydrogen-bond donors (Lipinski definition) is 1. The monoisotopic (exact) mass is 475 g/mol. The Hall–Kier alpha value is -3.68. The highest BCUT2D eigenvalue weighted by atomic mass is 16.2. The molecule has 35 heavy (non-hydrogen) atoms. The van der Waals surface area contributed by atoms with Gasteiger partial charge in [0.1, 0.15) is 6.54 Å². The van der Waals surface area contributed by atoms with E-state index in [1.165, 1.54) is 4.57 Å². The van der Waals surface area contributed by atoms with Crippen LogP contribution in [0.3, 0.4) is 0 Å². The Balaban J connectivity index is 1.67. The fourth-order valence-electron chi connectivity index (χ4n) is 4.43. The molecule has 8 nitrogen and oxygen atoms in total. The van der Waals surface area contributed by atoms with Gasteiger partial charge in [-0.2, -0.15) is 0 Å². The highest BCUT2D eigenvalue weighted by molar-refractivity contribution is 5.83. The zero-order valence-corrected chi connectivity index (χ0v) is 21.0. The number of imidazole rings is 1. The standard InChI is InChI=1S/C27H33N5O3/c1-17(2)13-30-16-28-25-24(30)26(34)32(27(35)31(25)14-18(3)4)15-23(33)29-19(5)21-11-10-20-8-6-7-9-22(20)12-21/h6-12,16-19H,13-15H2,1-5H3,(H,29,33). The summed E-state index contributed by atoms with van der Waals surface area (Å²) in [5, 5.41) is 5.15. The molecule has 1 amide bonds. The van der Waals surface area contributed by atoms with E-state index in [0.29, 0.717) is 24.3 Å². The van der Waals surface area contributed by atoms with Gasteiger partial charge in [-0.1, -0.05) is 64.1 Å². The summed E-state index contributed by atoms with van der Waals surface area (Å²) in [6.07, 6.45) is 1.61. The summed E-state index contributed by atoms with van der Waals surface area (Å²) in [6.45, 7) is 10.6. The molecule has 2 heterocycles. The number of hydrogen-bond acceptors (Lipinski definition) is 4. The van der Waals surface area contributed by atoms with E-state index < -0.39 is 17.2 Å². The van der Waals surface area contributed by atoms with Crippen LogP contribution in [0.5, 0.6) is 0 Å². The molecule has 4 rings (SSSR count). The lowest BCUT2D eigenvalue weighted by atomic mass is 10.0. The smallest absolute Gasteiger partial charge is 0.333 e. The molecule has 0 aliphatic rings. The Morgan fingerprint density at radius 2 is 1.60 bits per heavy atom. The highest BCUT2D eigenvalue weighted by Crippen LogP contribution is 2.20. The Morgan fingerprint density at radius 1 is 0.914 bits per heavy atom. The molecule has 0 bridgehead atoms. The number of benzene rings is 2. The summed E-state index contributed by atoms with van der Waals surface area (Å²) < 4.78 is 4.33. The van der Waals surface area contributed by atoms with E-state index in [9.17, 15) is 14.4 Å². The molecule has 0 radical (unpaired) electrons. The normalized spacial score (nSPS) is 12.7. The van der Waals surface area contributed by atoms with Gasteiger partial charge in [-0.15, -0.1) is 0 Å². The lowest BCUT2D eigenvalue weighted by molar-refractivity contribution is -0.122. The molecule has 0 saturated heterocycles. The van der Waals surface area contributed by atoms with Crippen LogP contribution in [-0.4, -0.2) is 24.6 Å². The minimum atomic E-state index is -0.514. The van der Waals surface area contributed by atoms with Gasteiger partial charge in [-0.05, 0) is 41.2 Å². The van der Waals surface area contributed by atoms with Gasteiger partial charge < -0.3 is 9.88 Å². The van der Waals surface area contributed by atoms with Crippen molar-refractivity contribution >= 4 is 27.8 Å². The topological polar surface area (TPSA) is 90.9 Å². The van der Waals surface area contributed by atoms with E-state index in [1.807, 2.05) is 63.2 Å². The van der Waals surface area contributed by atoms with Crippen LogP contribution in [0.25, 0.3) is 21.9 Å². The molecule has 0 aliphatic carbocycles. The molecule has 2 aromatic heterocycles. The van der Waals surface area contributed by atoms with Crippen molar-refractivity contribution in [2.45, 2.75) is 60.3 Å². The first-order valence-corrected chi connectivity index (χ1v) is 12.1. The number of rotatable bonds is 8. The number of nitrogens with one attached hydrogen (secondary N) is 1. The summed E-state index contributed by atoms with van der Waals surface area (Å²) in [5.74, 6) is 0.0610. The average molecular weight is 476 g/mol. The van der Waals surface area contributed by atoms with Crippen molar-refractivity contribution in [1.29, 1.82) is 0 Å². The molecule has 1 N–H and O–H groups in total. The van der Waals surface area contributed by atoms with Gasteiger partial charge >= 0.3 is 5.69 Å². The first-order valence-electron chi connectivity index (χ1n) is 12.1. The van der Waals surface area contributed by atoms with E-state index in [-0.39, 0.29) is 24.4 Å². The van der Waals surface area contributed by atoms with E-state index in [0.717, 1.165) is 20.9 Å². The maximum atomic E-state index is 13.4. The molecular weight excluding hydrogens is 442 g/mol. The van der Waals surface area contributed by atoms with Crippen LogP contribution in [0.15, 0.2) is 58.4 Å². The van der Waals surface area contributed by atoms with Gasteiger partial charge in [0.2, 0.25) is 5.91 Å². The molecule has 8 heteroatoms. The second kappa shape index (κ2) is 9.90. The van der Waals surface area contributed by atoms with E-state index in [4.69, 9.17) is 0 Å². The van der Waals surface area contributed by atoms with Crippen molar-refractivity contribution < 1.29 is 4.79 Å². The van der Waals surface area contributed by atoms with E-state index >= 15 is 0 Å². The second-order valence-corrected chi connectivity index (χ2v) is 10.0. The Kier molecular flexibility index (Phi) is 6.91. The number of carbonyl (C=O) groups is 1. The summed E-state index contributed by atoms with van der Waals surface area (Å²) in [5.41, 5.74) is 0.674. The largest absolute Gasteiger partial charge is 0.348 e. The Labute approximate surface area is 204 Å². The Bertz CT molecular complexity index is 1490. The summed E-state index contributed by atoms with van der Waals surface area (Å²) in [6, 6.07) is 13.8. The first-order chi connectivity index (χ1) is 16.7. The second-order valence-electron chi connectivity index (χ2n) is 10.0. The predicted octanol–water partition coefficient (Wildman–Crippen LogP) is 3.70. The van der Waals surface area contributed by atoms with Gasteiger partial charge in [0, 0.05) is 13.1 Å². The molecule has 1 unspecified atom stereocenters. The van der Waals surface area contributed by atoms with Gasteiger partial charge in [-0.3, -0.25) is 14.2 Å². The number of nitrogens with zero attached hydrogens (tertiary/aromatic N) is 4. The quantitative estimate of drug-likeness (QED) is 0.421. The van der Waals surface area contributed by atoms with Crippen LogP contribution in [-0.2, 0) is 24.4 Å². The van der Waals surface area contributed by atoms with Crippen molar-refractivity contribution in [3.63, 3.8) is 0 Å². The van der Waals surface area contributed by atoms with Crippen LogP contribution in [0.2, 0.25) is 0 Å². The molecule has 184 valence electrons. The maximum Gasteiger partial charge on any atom is 0.333 e. The number of amides is 1. The van der Waals surface area contributed by atoms with Crippen molar-refractivity contribution in [2.24, 2.45) is 11.8 Å². The summed E-state index contributed by atoms with van der Waals surface area (Å²) >= 11 is 0. The Morgan fingerprint density at radius 3 is 2.29 bits per heavy atom. The van der Waals surface area contributed by atoms with Gasteiger partial charge in [0.25, 0.3) is 5.56 Å². The number of carbonyl (C=O) groups excluding carboxylic acids is 1. The lowest BCUT2D eigenvalue weighted by Crippen LogP contribution is -2.45. The third-order valence-electron chi connectivity index (χ3n) is 6.05. The van der Waals surface area contributed by atoms with Crippen LogP contribution >= 0.6 is 0 Å². The van der Waals surface area contributed by atoms with Crippen LogP contribution in [0.1, 0.15) is 46.2 Å². The molecule has 4 aromatic rings. The van der Waals surface area contributed by atoms with Crippen LogP contribution in [0.4, 0.5) is 0 Å². The third-order valence-corrected chi connectivity index (χ3v) is 6.05. The number of fused-ring (bicyclic) bond motifs is 2. The fraction of sp³-hybridized carbons (Fsp3) is 0.407. The minimum Gasteiger partial charge on any atom is -0.348 e. The summed E-state index contributed by atoms with van der Waals surface area (Å²) in [7, 11) is 0. The number of aromatic nitrogens is 4. The van der Waals surface area contributed by atoms with Crippen molar-refractivity contribution in [2.75, 3.05) is 0 Å². The molecule has 2 aromatic carbocycles. The van der Waals surface area contributed by atoms with Crippen LogP contribution in [0, 0.1) is 11.8 Å². The minimum absolute atomic E-state index is 0.166. The van der Waals surface area contributed by atoms with Gasteiger partial charge in [0.05, 0.1) is 12.4 Å². The average Bonchev–Trinajstić information content (AvgIpc) is 3.21. The zero-order valence-electron chi connectivity index (χ0n) is 21.0. The van der Waals surface area contributed by atoms with E-state index in [1.54, 1.807) is 10.9 Å². The van der Waals surface area contributed by atoms with Gasteiger partial charge in [-0.25, -0.2) is 14.3 Å². The van der Waals surface area contributed by atoms with Crippen molar-refractivity contribution in [1.82, 2.24) is 24.0 Å².